The van der Waals surface area contributed by atoms with Crippen LogP contribution >= 0.6 is 11.8 Å². The van der Waals surface area contributed by atoms with E-state index in [2.05, 4.69) is 18.8 Å². The fourth-order valence-electron chi connectivity index (χ4n) is 1.13. The molecule has 1 aromatic rings. The van der Waals surface area contributed by atoms with Gasteiger partial charge < -0.3 is 0 Å². The van der Waals surface area contributed by atoms with Crippen LogP contribution in [0, 0.1) is 6.92 Å². The second-order valence-electron chi connectivity index (χ2n) is 3.70. The zero-order chi connectivity index (χ0) is 11.3. The van der Waals surface area contributed by atoms with E-state index in [1.165, 1.54) is 0 Å². The van der Waals surface area contributed by atoms with E-state index in [-0.39, 0.29) is 5.78 Å². The molecular formula is C12H17NOS. The Labute approximate surface area is 95.5 Å². The van der Waals surface area contributed by atoms with Crippen molar-refractivity contribution in [2.24, 2.45) is 0 Å². The molecule has 3 heteroatoms. The summed E-state index contributed by atoms with van der Waals surface area (Å²) in [5.41, 5.74) is 1.76. The molecule has 0 aliphatic heterocycles. The van der Waals surface area contributed by atoms with Gasteiger partial charge in [0.2, 0.25) is 0 Å². The Balaban J connectivity index is 2.54. The van der Waals surface area contributed by atoms with E-state index in [0.29, 0.717) is 11.0 Å². The van der Waals surface area contributed by atoms with Gasteiger partial charge in [-0.3, -0.25) is 9.78 Å². The maximum Gasteiger partial charge on any atom is 0.174 e. The van der Waals surface area contributed by atoms with Gasteiger partial charge in [-0.05, 0) is 25.0 Å². The van der Waals surface area contributed by atoms with E-state index in [9.17, 15) is 4.79 Å². The lowest BCUT2D eigenvalue weighted by molar-refractivity contribution is 0.102. The van der Waals surface area contributed by atoms with Crippen LogP contribution in [0.4, 0.5) is 0 Å². The minimum absolute atomic E-state index is 0.177. The summed E-state index contributed by atoms with van der Waals surface area (Å²) in [6.45, 7) is 6.23. The summed E-state index contributed by atoms with van der Waals surface area (Å²) < 4.78 is 0. The quantitative estimate of drug-likeness (QED) is 0.718. The minimum atomic E-state index is 0.177. The number of ketones is 1. The molecule has 82 valence electrons. The van der Waals surface area contributed by atoms with Gasteiger partial charge in [0.15, 0.2) is 5.78 Å². The first-order valence-electron chi connectivity index (χ1n) is 5.20. The largest absolute Gasteiger partial charge is 0.293 e. The number of pyridine rings is 1. The number of nitrogens with zero attached hydrogens (tertiary/aromatic N) is 1. The van der Waals surface area contributed by atoms with Crippen LogP contribution in [0.5, 0.6) is 0 Å². The van der Waals surface area contributed by atoms with Gasteiger partial charge in [-0.1, -0.05) is 13.8 Å². The van der Waals surface area contributed by atoms with Gasteiger partial charge in [-0.15, -0.1) is 0 Å². The molecule has 0 bridgehead atoms. The molecule has 2 nitrogen and oxygen atoms in total. The second-order valence-corrected chi connectivity index (χ2v) is 5.13. The molecule has 0 saturated carbocycles. The highest BCUT2D eigenvalue weighted by Gasteiger charge is 2.08. The molecule has 0 aliphatic carbocycles. The molecule has 0 aliphatic rings. The molecule has 0 saturated heterocycles. The topological polar surface area (TPSA) is 30.0 Å². The third kappa shape index (κ3) is 4.04. The smallest absolute Gasteiger partial charge is 0.174 e. The van der Waals surface area contributed by atoms with Crippen LogP contribution in [0.25, 0.3) is 0 Å². The van der Waals surface area contributed by atoms with Crippen molar-refractivity contribution in [3.63, 3.8) is 0 Å². The number of Topliss-reactive ketones (excluding diaryl/α,β-unsaturated/α-hetero) is 1. The molecule has 15 heavy (non-hydrogen) atoms. The standard InChI is InChI=1S/C12H17NOS/c1-4-10(3)15-8-12(14)11-5-9(2)6-13-7-11/h5-7,10H,4,8H2,1-3H3. The number of rotatable bonds is 5. The molecule has 0 aromatic carbocycles. The number of aryl methyl sites for hydroxylation is 1. The summed E-state index contributed by atoms with van der Waals surface area (Å²) in [6, 6.07) is 1.90. The van der Waals surface area contributed by atoms with Crippen LogP contribution in [0.1, 0.15) is 36.2 Å². The average Bonchev–Trinajstić information content (AvgIpc) is 2.25. The van der Waals surface area contributed by atoms with Crippen molar-refractivity contribution < 1.29 is 4.79 Å². The molecule has 0 fully saturated rings. The van der Waals surface area contributed by atoms with Crippen molar-refractivity contribution in [1.29, 1.82) is 0 Å². The first kappa shape index (κ1) is 12.2. The van der Waals surface area contributed by atoms with Crippen molar-refractivity contribution >= 4 is 17.5 Å². The highest BCUT2D eigenvalue weighted by molar-refractivity contribution is 8.00. The predicted molar refractivity (Wildman–Crippen MR) is 65.5 cm³/mol. The molecule has 1 unspecified atom stereocenters. The fraction of sp³-hybridized carbons (Fsp3) is 0.500. The Hall–Kier alpha value is -0.830. The van der Waals surface area contributed by atoms with Gasteiger partial charge in [0, 0.05) is 23.2 Å². The fourth-order valence-corrected chi connectivity index (χ4v) is 1.96. The highest BCUT2D eigenvalue weighted by Crippen LogP contribution is 2.15. The molecule has 0 radical (unpaired) electrons. The molecule has 1 atom stereocenters. The monoisotopic (exact) mass is 223 g/mol. The average molecular weight is 223 g/mol. The summed E-state index contributed by atoms with van der Waals surface area (Å²) >= 11 is 1.71. The summed E-state index contributed by atoms with van der Waals surface area (Å²) in [5, 5.41) is 0.548. The van der Waals surface area contributed by atoms with E-state index in [4.69, 9.17) is 0 Å². The van der Waals surface area contributed by atoms with Gasteiger partial charge in [-0.25, -0.2) is 0 Å². The lowest BCUT2D eigenvalue weighted by Crippen LogP contribution is -2.06. The molecule has 0 amide bonds. The van der Waals surface area contributed by atoms with E-state index < -0.39 is 0 Å². The summed E-state index contributed by atoms with van der Waals surface area (Å²) in [7, 11) is 0. The van der Waals surface area contributed by atoms with E-state index in [0.717, 1.165) is 17.5 Å². The second kappa shape index (κ2) is 5.91. The van der Waals surface area contributed by atoms with Crippen molar-refractivity contribution in [2.75, 3.05) is 5.75 Å². The van der Waals surface area contributed by atoms with Crippen molar-refractivity contribution in [2.45, 2.75) is 32.4 Å². The molecule has 0 spiro atoms. The first-order chi connectivity index (χ1) is 7.13. The van der Waals surface area contributed by atoms with Crippen LogP contribution in [0.2, 0.25) is 0 Å². The van der Waals surface area contributed by atoms with E-state index in [1.807, 2.05) is 13.0 Å². The predicted octanol–water partition coefficient (Wildman–Crippen LogP) is 3.10. The molecule has 1 rings (SSSR count). The molecule has 1 aromatic heterocycles. The van der Waals surface area contributed by atoms with Crippen LogP contribution in [-0.4, -0.2) is 21.8 Å². The lowest BCUT2D eigenvalue weighted by Gasteiger charge is -2.07. The van der Waals surface area contributed by atoms with Gasteiger partial charge in [0.1, 0.15) is 0 Å². The third-order valence-electron chi connectivity index (χ3n) is 2.27. The Morgan fingerprint density at radius 3 is 2.87 bits per heavy atom. The molecule has 0 N–H and O–H groups in total. The number of hydrogen-bond donors (Lipinski definition) is 0. The highest BCUT2D eigenvalue weighted by atomic mass is 32.2. The molecule has 1 heterocycles. The van der Waals surface area contributed by atoms with Crippen molar-refractivity contribution in [3.05, 3.63) is 29.6 Å². The van der Waals surface area contributed by atoms with Crippen molar-refractivity contribution in [3.8, 4) is 0 Å². The van der Waals surface area contributed by atoms with Crippen LogP contribution in [-0.2, 0) is 0 Å². The number of thioether (sulfide) groups is 1. The number of carbonyl (C=O) groups excluding carboxylic acids is 1. The van der Waals surface area contributed by atoms with Crippen molar-refractivity contribution in [1.82, 2.24) is 4.98 Å². The Kier molecular flexibility index (Phi) is 4.82. The third-order valence-corrected chi connectivity index (χ3v) is 3.60. The maximum atomic E-state index is 11.8. The van der Waals surface area contributed by atoms with Crippen LogP contribution in [0.15, 0.2) is 18.5 Å². The van der Waals surface area contributed by atoms with E-state index in [1.54, 1.807) is 24.2 Å². The summed E-state index contributed by atoms with van der Waals surface area (Å²) in [4.78, 5) is 15.8. The first-order valence-corrected chi connectivity index (χ1v) is 6.24. The maximum absolute atomic E-state index is 11.8. The number of carbonyl (C=O) groups is 1. The number of aromatic nitrogens is 1. The van der Waals surface area contributed by atoms with Gasteiger partial charge in [0.25, 0.3) is 0 Å². The van der Waals surface area contributed by atoms with Crippen LogP contribution < -0.4 is 0 Å². The lowest BCUT2D eigenvalue weighted by atomic mass is 10.2. The normalized spacial score (nSPS) is 12.5. The van der Waals surface area contributed by atoms with Gasteiger partial charge >= 0.3 is 0 Å². The Bertz CT molecular complexity index is 338. The summed E-state index contributed by atoms with van der Waals surface area (Å²) in [6.07, 6.45) is 4.51. The minimum Gasteiger partial charge on any atom is -0.293 e. The summed E-state index contributed by atoms with van der Waals surface area (Å²) in [5.74, 6) is 0.733. The Morgan fingerprint density at radius 2 is 2.27 bits per heavy atom. The molecular weight excluding hydrogens is 206 g/mol. The zero-order valence-electron chi connectivity index (χ0n) is 9.49. The van der Waals surface area contributed by atoms with Gasteiger partial charge in [0.05, 0.1) is 5.75 Å². The number of hydrogen-bond acceptors (Lipinski definition) is 3. The van der Waals surface area contributed by atoms with E-state index >= 15 is 0 Å². The Morgan fingerprint density at radius 1 is 1.53 bits per heavy atom. The SMILES string of the molecule is CCC(C)SCC(=O)c1cncc(C)c1. The zero-order valence-corrected chi connectivity index (χ0v) is 10.3. The van der Waals surface area contributed by atoms with Crippen LogP contribution in [0.3, 0.4) is 0 Å². The van der Waals surface area contributed by atoms with Gasteiger partial charge in [-0.2, -0.15) is 11.8 Å².